The van der Waals surface area contributed by atoms with Gasteiger partial charge in [0.05, 0.1) is 29.5 Å². The van der Waals surface area contributed by atoms with E-state index in [0.717, 1.165) is 24.1 Å². The SMILES string of the molecule is CCC12CN(C(=O)c3cc(Cc4n[nH]c(=O)c5c4C=CC=CC5)ccc3F)CC1OCCN2C. The van der Waals surface area contributed by atoms with Crippen molar-refractivity contribution in [3.8, 4) is 0 Å². The number of fused-ring (bicyclic) bond motifs is 2. The molecule has 2 unspecified atom stereocenters. The molecule has 3 heterocycles. The van der Waals surface area contributed by atoms with Crippen molar-refractivity contribution in [2.75, 3.05) is 33.3 Å². The number of aromatic amines is 1. The lowest BCUT2D eigenvalue weighted by molar-refractivity contribution is -0.0922. The van der Waals surface area contributed by atoms with Crippen molar-refractivity contribution in [2.24, 2.45) is 0 Å². The van der Waals surface area contributed by atoms with Crippen LogP contribution in [-0.2, 0) is 17.6 Å². The van der Waals surface area contributed by atoms with E-state index in [4.69, 9.17) is 4.74 Å². The van der Waals surface area contributed by atoms with Crippen LogP contribution in [0.5, 0.6) is 0 Å². The zero-order valence-electron chi connectivity index (χ0n) is 19.5. The molecule has 0 bridgehead atoms. The van der Waals surface area contributed by atoms with Crippen molar-refractivity contribution in [1.29, 1.82) is 0 Å². The summed E-state index contributed by atoms with van der Waals surface area (Å²) in [6.45, 7) is 4.52. The van der Waals surface area contributed by atoms with Gasteiger partial charge >= 0.3 is 0 Å². The first-order chi connectivity index (χ1) is 16.4. The highest BCUT2D eigenvalue weighted by molar-refractivity contribution is 5.95. The number of likely N-dealkylation sites (N-methyl/N-ethyl adjacent to an activating group) is 1. The first kappa shape index (κ1) is 22.7. The molecule has 2 aliphatic heterocycles. The zero-order chi connectivity index (χ0) is 23.9. The van der Waals surface area contributed by atoms with Crippen molar-refractivity contribution in [2.45, 2.75) is 37.8 Å². The van der Waals surface area contributed by atoms with Gasteiger partial charge in [-0.15, -0.1) is 0 Å². The molecule has 2 atom stereocenters. The minimum absolute atomic E-state index is 0.0535. The predicted octanol–water partition coefficient (Wildman–Crippen LogP) is 2.56. The Balaban J connectivity index is 1.42. The largest absolute Gasteiger partial charge is 0.373 e. The molecule has 1 aromatic heterocycles. The molecule has 0 saturated carbocycles. The monoisotopic (exact) mass is 464 g/mol. The van der Waals surface area contributed by atoms with Crippen LogP contribution in [0.15, 0.2) is 41.2 Å². The van der Waals surface area contributed by atoms with Gasteiger partial charge in [-0.2, -0.15) is 5.10 Å². The number of benzene rings is 1. The van der Waals surface area contributed by atoms with E-state index in [1.807, 2.05) is 24.3 Å². The Morgan fingerprint density at radius 3 is 3.00 bits per heavy atom. The number of aromatic nitrogens is 2. The number of likely N-dealkylation sites (tertiary alicyclic amines) is 1. The van der Waals surface area contributed by atoms with Crippen LogP contribution in [0, 0.1) is 5.82 Å². The second-order valence-electron chi connectivity index (χ2n) is 9.30. The number of hydrogen-bond donors (Lipinski definition) is 1. The number of nitrogens with zero attached hydrogens (tertiary/aromatic N) is 3. The van der Waals surface area contributed by atoms with E-state index < -0.39 is 5.82 Å². The van der Waals surface area contributed by atoms with Crippen LogP contribution in [0.25, 0.3) is 6.08 Å². The highest BCUT2D eigenvalue weighted by atomic mass is 19.1. The number of halogens is 1. The molecule has 178 valence electrons. The van der Waals surface area contributed by atoms with Crippen molar-refractivity contribution in [1.82, 2.24) is 20.0 Å². The summed E-state index contributed by atoms with van der Waals surface area (Å²) in [6.07, 6.45) is 9.25. The Hall–Kier alpha value is -3.10. The number of ether oxygens (including phenoxy) is 1. The average Bonchev–Trinajstić information content (AvgIpc) is 3.06. The fraction of sp³-hybridized carbons (Fsp3) is 0.423. The number of hydrogen-bond acceptors (Lipinski definition) is 5. The van der Waals surface area contributed by atoms with E-state index in [1.165, 1.54) is 6.07 Å². The topological polar surface area (TPSA) is 78.5 Å². The van der Waals surface area contributed by atoms with Crippen molar-refractivity contribution in [3.63, 3.8) is 0 Å². The highest BCUT2D eigenvalue weighted by Gasteiger charge is 2.52. The van der Waals surface area contributed by atoms with Crippen LogP contribution in [0.3, 0.4) is 0 Å². The summed E-state index contributed by atoms with van der Waals surface area (Å²) in [4.78, 5) is 29.7. The van der Waals surface area contributed by atoms with Gasteiger partial charge in [0.15, 0.2) is 0 Å². The molecule has 3 aliphatic rings. The summed E-state index contributed by atoms with van der Waals surface area (Å²) >= 11 is 0. The first-order valence-corrected chi connectivity index (χ1v) is 11.8. The fourth-order valence-corrected chi connectivity index (χ4v) is 5.46. The maximum Gasteiger partial charge on any atom is 0.268 e. The molecule has 2 aromatic rings. The smallest absolute Gasteiger partial charge is 0.268 e. The number of nitrogens with one attached hydrogen (secondary N) is 1. The van der Waals surface area contributed by atoms with Crippen LogP contribution >= 0.6 is 0 Å². The maximum atomic E-state index is 14.8. The zero-order valence-corrected chi connectivity index (χ0v) is 19.5. The van der Waals surface area contributed by atoms with Gasteiger partial charge in [0.25, 0.3) is 11.5 Å². The number of carbonyl (C=O) groups excluding carboxylic acids is 1. The molecule has 1 N–H and O–H groups in total. The van der Waals surface area contributed by atoms with E-state index in [0.29, 0.717) is 43.8 Å². The predicted molar refractivity (Wildman–Crippen MR) is 127 cm³/mol. The van der Waals surface area contributed by atoms with Gasteiger partial charge in [-0.25, -0.2) is 9.49 Å². The van der Waals surface area contributed by atoms with Gasteiger partial charge < -0.3 is 9.64 Å². The van der Waals surface area contributed by atoms with Crippen LogP contribution in [0.2, 0.25) is 0 Å². The number of carbonyl (C=O) groups is 1. The Morgan fingerprint density at radius 2 is 2.21 bits per heavy atom. The Kier molecular flexibility index (Phi) is 5.95. The molecular weight excluding hydrogens is 435 g/mol. The highest BCUT2D eigenvalue weighted by Crippen LogP contribution is 2.36. The Labute approximate surface area is 197 Å². The Morgan fingerprint density at radius 1 is 1.35 bits per heavy atom. The van der Waals surface area contributed by atoms with Crippen LogP contribution < -0.4 is 5.56 Å². The maximum absolute atomic E-state index is 14.8. The molecule has 2 fully saturated rings. The van der Waals surface area contributed by atoms with Crippen molar-refractivity contribution in [3.05, 3.63) is 80.5 Å². The van der Waals surface area contributed by atoms with Gasteiger partial charge in [-0.1, -0.05) is 37.3 Å². The summed E-state index contributed by atoms with van der Waals surface area (Å²) in [5, 5.41) is 6.82. The van der Waals surface area contributed by atoms with Gasteiger partial charge in [-0.3, -0.25) is 14.5 Å². The quantitative estimate of drug-likeness (QED) is 0.753. The van der Waals surface area contributed by atoms with E-state index >= 15 is 0 Å². The van der Waals surface area contributed by atoms with E-state index in [1.54, 1.807) is 17.0 Å². The second kappa shape index (κ2) is 8.92. The summed E-state index contributed by atoms with van der Waals surface area (Å²) < 4.78 is 20.9. The number of allylic oxidation sites excluding steroid dienone is 3. The number of H-pyrrole nitrogens is 1. The van der Waals surface area contributed by atoms with Crippen LogP contribution in [-0.4, -0.2) is 70.8 Å². The van der Waals surface area contributed by atoms with Crippen molar-refractivity contribution < 1.29 is 13.9 Å². The molecular formula is C26H29FN4O3. The molecule has 0 spiro atoms. The molecule has 0 radical (unpaired) electrons. The molecule has 2 saturated heterocycles. The second-order valence-corrected chi connectivity index (χ2v) is 9.30. The molecule has 7 nitrogen and oxygen atoms in total. The minimum atomic E-state index is -0.541. The molecule has 8 heteroatoms. The third kappa shape index (κ3) is 3.80. The van der Waals surface area contributed by atoms with Crippen LogP contribution in [0.4, 0.5) is 4.39 Å². The van der Waals surface area contributed by atoms with Crippen molar-refractivity contribution >= 4 is 12.0 Å². The number of morpholine rings is 1. The van der Waals surface area contributed by atoms with Gasteiger partial charge in [0, 0.05) is 37.2 Å². The lowest BCUT2D eigenvalue weighted by Gasteiger charge is -2.45. The lowest BCUT2D eigenvalue weighted by atomic mass is 9.89. The fourth-order valence-electron chi connectivity index (χ4n) is 5.46. The number of rotatable bonds is 4. The van der Waals surface area contributed by atoms with Gasteiger partial charge in [-0.05, 0) is 37.6 Å². The standard InChI is InChI=1S/C26H29FN4O3/c1-3-26-16-31(15-23(26)34-12-11-30(26)2)25(33)20-13-17(9-10-21(20)27)14-22-18-7-5-4-6-8-19(18)24(32)29-28-22/h4-7,9-10,13,23H,3,8,11-12,14-16H2,1-2H3,(H,29,32). The molecule has 34 heavy (non-hydrogen) atoms. The van der Waals surface area contributed by atoms with E-state index in [2.05, 4.69) is 29.1 Å². The lowest BCUT2D eigenvalue weighted by Crippen LogP contribution is -2.60. The molecule has 5 rings (SSSR count). The molecule has 1 aliphatic carbocycles. The number of amides is 1. The Bertz CT molecular complexity index is 1240. The van der Waals surface area contributed by atoms with Gasteiger partial charge in [0.2, 0.25) is 0 Å². The minimum Gasteiger partial charge on any atom is -0.373 e. The third-order valence-electron chi connectivity index (χ3n) is 7.52. The molecule has 1 amide bonds. The first-order valence-electron chi connectivity index (χ1n) is 11.8. The normalized spacial score (nSPS) is 24.1. The molecule has 1 aromatic carbocycles. The summed E-state index contributed by atoms with van der Waals surface area (Å²) in [5.74, 6) is -0.864. The third-order valence-corrected chi connectivity index (χ3v) is 7.52. The van der Waals surface area contributed by atoms with Gasteiger partial charge in [0.1, 0.15) is 5.82 Å². The van der Waals surface area contributed by atoms with E-state index in [-0.39, 0.29) is 28.7 Å². The van der Waals surface area contributed by atoms with E-state index in [9.17, 15) is 14.0 Å². The van der Waals surface area contributed by atoms with Crippen LogP contribution in [0.1, 0.15) is 46.1 Å². The summed E-state index contributed by atoms with van der Waals surface area (Å²) in [7, 11) is 2.07. The average molecular weight is 465 g/mol. The summed E-state index contributed by atoms with van der Waals surface area (Å²) in [6, 6.07) is 4.62. The summed E-state index contributed by atoms with van der Waals surface area (Å²) in [5.41, 5.74) is 2.48.